The second-order valence-electron chi connectivity index (χ2n) is 5.24. The topological polar surface area (TPSA) is 67.4 Å². The van der Waals surface area contributed by atoms with Gasteiger partial charge in [-0.05, 0) is 5.56 Å². The van der Waals surface area contributed by atoms with Crippen molar-refractivity contribution >= 4 is 36.0 Å². The Morgan fingerprint density at radius 1 is 1.39 bits per heavy atom. The van der Waals surface area contributed by atoms with Gasteiger partial charge in [-0.25, -0.2) is 0 Å². The van der Waals surface area contributed by atoms with Crippen molar-refractivity contribution in [1.29, 1.82) is 0 Å². The molecule has 1 heterocycles. The fourth-order valence-corrected chi connectivity index (χ4v) is 3.36. The van der Waals surface area contributed by atoms with Crippen LogP contribution < -0.4 is 10.6 Å². The average Bonchev–Trinajstić information content (AvgIpc) is 2.55. The summed E-state index contributed by atoms with van der Waals surface area (Å²) in [6.45, 7) is 0.937. The lowest BCUT2D eigenvalue weighted by Crippen LogP contribution is -2.42. The van der Waals surface area contributed by atoms with Gasteiger partial charge in [0.1, 0.15) is 0 Å². The molecule has 2 N–H and O–H groups in total. The molecule has 5 nitrogen and oxygen atoms in total. The number of rotatable bonds is 6. The third kappa shape index (κ3) is 6.81. The zero-order valence-corrected chi connectivity index (χ0v) is 14.8. The van der Waals surface area contributed by atoms with E-state index in [2.05, 4.69) is 10.6 Å². The van der Waals surface area contributed by atoms with E-state index in [9.17, 15) is 9.59 Å². The highest BCUT2D eigenvalue weighted by atomic mass is 35.5. The number of thioether (sulfide) groups is 1. The Bertz CT molecular complexity index is 495. The molecule has 23 heavy (non-hydrogen) atoms. The molecule has 1 aromatic rings. The van der Waals surface area contributed by atoms with Crippen LogP contribution in [0, 0.1) is 0 Å². The maximum atomic E-state index is 12.3. The molecule has 1 aromatic carbocycles. The zero-order chi connectivity index (χ0) is 15.8. The largest absolute Gasteiger partial charge is 0.469 e. The number of carbonyl (C=O) groups is 2. The van der Waals surface area contributed by atoms with Gasteiger partial charge in [0.15, 0.2) is 0 Å². The van der Waals surface area contributed by atoms with Crippen LogP contribution in [0.2, 0.25) is 0 Å². The maximum absolute atomic E-state index is 12.3. The Balaban J connectivity index is 0.00000264. The lowest BCUT2D eigenvalue weighted by molar-refractivity contribution is -0.141. The number of ether oxygens (including phenoxy) is 1. The molecule has 1 aliphatic rings. The number of amides is 1. The van der Waals surface area contributed by atoms with Crippen LogP contribution in [0.3, 0.4) is 0 Å². The molecule has 7 heteroatoms. The highest BCUT2D eigenvalue weighted by Crippen LogP contribution is 2.18. The van der Waals surface area contributed by atoms with Gasteiger partial charge in [0.05, 0.1) is 19.6 Å². The minimum atomic E-state index is -0.350. The van der Waals surface area contributed by atoms with E-state index in [0.717, 1.165) is 23.6 Å². The standard InChI is InChI=1S/C16H22N2O3S.ClH/c1-21-16(20)10-14(12-5-3-2-4-6-12)18-15(19)9-13-11-22-8-7-17-13;/h2-6,13-14,17H,7-11H2,1H3,(H,18,19);1H. The number of hydrogen-bond acceptors (Lipinski definition) is 5. The number of methoxy groups -OCH3 is 1. The number of carbonyl (C=O) groups excluding carboxylic acids is 2. The molecule has 2 rings (SSSR count). The first-order valence-corrected chi connectivity index (χ1v) is 8.56. The van der Waals surface area contributed by atoms with Crippen LogP contribution in [0.4, 0.5) is 0 Å². The summed E-state index contributed by atoms with van der Waals surface area (Å²) in [4.78, 5) is 23.8. The molecule has 2 unspecified atom stereocenters. The highest BCUT2D eigenvalue weighted by Gasteiger charge is 2.22. The SMILES string of the molecule is COC(=O)CC(NC(=O)CC1CSCCN1)c1ccccc1.Cl. The van der Waals surface area contributed by atoms with Gasteiger partial charge in [0, 0.05) is 30.5 Å². The zero-order valence-electron chi connectivity index (χ0n) is 13.1. The van der Waals surface area contributed by atoms with E-state index in [4.69, 9.17) is 4.74 Å². The van der Waals surface area contributed by atoms with Gasteiger partial charge in [-0.3, -0.25) is 9.59 Å². The summed E-state index contributed by atoms with van der Waals surface area (Å²) in [6.07, 6.45) is 0.566. The van der Waals surface area contributed by atoms with Crippen LogP contribution in [0.15, 0.2) is 30.3 Å². The monoisotopic (exact) mass is 358 g/mol. The van der Waals surface area contributed by atoms with E-state index < -0.39 is 0 Å². The van der Waals surface area contributed by atoms with Gasteiger partial charge in [0.2, 0.25) is 5.91 Å². The molecular formula is C16H23ClN2O3S. The van der Waals surface area contributed by atoms with E-state index in [1.165, 1.54) is 7.11 Å². The summed E-state index contributed by atoms with van der Waals surface area (Å²) >= 11 is 1.86. The smallest absolute Gasteiger partial charge is 0.307 e. The van der Waals surface area contributed by atoms with Gasteiger partial charge in [-0.1, -0.05) is 30.3 Å². The van der Waals surface area contributed by atoms with Crippen LogP contribution in [-0.2, 0) is 14.3 Å². The van der Waals surface area contributed by atoms with Crippen molar-refractivity contribution in [2.24, 2.45) is 0 Å². The van der Waals surface area contributed by atoms with Crippen molar-refractivity contribution in [2.75, 3.05) is 25.2 Å². The van der Waals surface area contributed by atoms with Crippen molar-refractivity contribution in [3.8, 4) is 0 Å². The van der Waals surface area contributed by atoms with Crippen molar-refractivity contribution in [1.82, 2.24) is 10.6 Å². The predicted octanol–water partition coefficient (Wildman–Crippen LogP) is 1.92. The van der Waals surface area contributed by atoms with Crippen molar-refractivity contribution < 1.29 is 14.3 Å². The van der Waals surface area contributed by atoms with Gasteiger partial charge in [0.25, 0.3) is 0 Å². The second-order valence-corrected chi connectivity index (χ2v) is 6.39. The summed E-state index contributed by atoms with van der Waals surface area (Å²) in [5.41, 5.74) is 0.909. The number of esters is 1. The van der Waals surface area contributed by atoms with Gasteiger partial charge in [-0.2, -0.15) is 11.8 Å². The lowest BCUT2D eigenvalue weighted by Gasteiger charge is -2.24. The van der Waals surface area contributed by atoms with Crippen molar-refractivity contribution in [2.45, 2.75) is 24.9 Å². The van der Waals surface area contributed by atoms with E-state index in [0.29, 0.717) is 6.42 Å². The molecule has 1 fully saturated rings. The number of halogens is 1. The molecular weight excluding hydrogens is 336 g/mol. The van der Waals surface area contributed by atoms with E-state index in [1.54, 1.807) is 0 Å². The summed E-state index contributed by atoms with van der Waals surface area (Å²) in [6, 6.07) is 9.36. The molecule has 0 radical (unpaired) electrons. The fourth-order valence-electron chi connectivity index (χ4n) is 2.42. The summed E-state index contributed by atoms with van der Waals surface area (Å²) in [5.74, 6) is 1.66. The Kier molecular flexibility index (Phi) is 9.06. The van der Waals surface area contributed by atoms with E-state index in [-0.39, 0.29) is 42.8 Å². The highest BCUT2D eigenvalue weighted by molar-refractivity contribution is 7.99. The molecule has 1 aliphatic heterocycles. The number of hydrogen-bond donors (Lipinski definition) is 2. The minimum absolute atomic E-state index is 0. The molecule has 0 saturated carbocycles. The second kappa shape index (κ2) is 10.5. The van der Waals surface area contributed by atoms with Crippen molar-refractivity contribution in [3.05, 3.63) is 35.9 Å². The van der Waals surface area contributed by atoms with Crippen LogP contribution >= 0.6 is 24.2 Å². The normalized spacial score (nSPS) is 18.4. The molecule has 0 bridgehead atoms. The first kappa shape index (κ1) is 19.8. The Morgan fingerprint density at radius 2 is 2.13 bits per heavy atom. The quantitative estimate of drug-likeness (QED) is 0.760. The molecule has 1 amide bonds. The van der Waals surface area contributed by atoms with Crippen LogP contribution in [0.1, 0.15) is 24.4 Å². The maximum Gasteiger partial charge on any atom is 0.307 e. The first-order valence-electron chi connectivity index (χ1n) is 7.41. The molecule has 0 spiro atoms. The van der Waals surface area contributed by atoms with Crippen molar-refractivity contribution in [3.63, 3.8) is 0 Å². The minimum Gasteiger partial charge on any atom is -0.469 e. The number of nitrogens with one attached hydrogen (secondary N) is 2. The third-order valence-electron chi connectivity index (χ3n) is 3.57. The van der Waals surface area contributed by atoms with Gasteiger partial charge >= 0.3 is 5.97 Å². The van der Waals surface area contributed by atoms with E-state index >= 15 is 0 Å². The molecule has 0 aromatic heterocycles. The Hall–Kier alpha value is -1.24. The summed E-state index contributed by atoms with van der Waals surface area (Å²) < 4.78 is 4.73. The fraction of sp³-hybridized carbons (Fsp3) is 0.500. The lowest BCUT2D eigenvalue weighted by atomic mass is 10.0. The van der Waals surface area contributed by atoms with Crippen LogP contribution in [0.25, 0.3) is 0 Å². The summed E-state index contributed by atoms with van der Waals surface area (Å²) in [5, 5.41) is 6.30. The first-order chi connectivity index (χ1) is 10.7. The third-order valence-corrected chi connectivity index (χ3v) is 4.70. The molecule has 0 aliphatic carbocycles. The average molecular weight is 359 g/mol. The van der Waals surface area contributed by atoms with Crippen LogP contribution in [0.5, 0.6) is 0 Å². The Labute approximate surface area is 147 Å². The predicted molar refractivity (Wildman–Crippen MR) is 94.9 cm³/mol. The van der Waals surface area contributed by atoms with E-state index in [1.807, 2.05) is 42.1 Å². The molecule has 1 saturated heterocycles. The molecule has 2 atom stereocenters. The Morgan fingerprint density at radius 3 is 2.74 bits per heavy atom. The van der Waals surface area contributed by atoms with Gasteiger partial charge < -0.3 is 15.4 Å². The van der Waals surface area contributed by atoms with Crippen LogP contribution in [-0.4, -0.2) is 43.1 Å². The molecule has 128 valence electrons. The summed E-state index contributed by atoms with van der Waals surface area (Å²) in [7, 11) is 1.36. The van der Waals surface area contributed by atoms with Gasteiger partial charge in [-0.15, -0.1) is 12.4 Å². The number of benzene rings is 1.